The molecular weight excluding hydrogens is 372 g/mol. The van der Waals surface area contributed by atoms with Crippen LogP contribution in [0.4, 0.5) is 5.69 Å². The highest BCUT2D eigenvalue weighted by molar-refractivity contribution is 7.92. The summed E-state index contributed by atoms with van der Waals surface area (Å²) in [5, 5.41) is 2.98. The second-order valence-electron chi connectivity index (χ2n) is 7.43. The molecule has 28 heavy (non-hydrogen) atoms. The van der Waals surface area contributed by atoms with Crippen LogP contribution in [0.5, 0.6) is 0 Å². The van der Waals surface area contributed by atoms with Gasteiger partial charge >= 0.3 is 0 Å². The first-order valence-electron chi connectivity index (χ1n) is 9.49. The molecular formula is C22H30N2O3S. The minimum atomic E-state index is -3.42. The van der Waals surface area contributed by atoms with Crippen molar-refractivity contribution in [2.45, 2.75) is 46.6 Å². The Morgan fingerprint density at radius 2 is 1.64 bits per heavy atom. The van der Waals surface area contributed by atoms with Crippen molar-refractivity contribution in [1.82, 2.24) is 5.32 Å². The number of hydrogen-bond donors (Lipinski definition) is 1. The van der Waals surface area contributed by atoms with Gasteiger partial charge in [-0.25, -0.2) is 8.42 Å². The quantitative estimate of drug-likeness (QED) is 0.725. The number of amides is 1. The van der Waals surface area contributed by atoms with Gasteiger partial charge in [0.25, 0.3) is 0 Å². The summed E-state index contributed by atoms with van der Waals surface area (Å²) in [5.74, 6) is -0.0810. The monoisotopic (exact) mass is 402 g/mol. The fourth-order valence-corrected chi connectivity index (χ4v) is 4.10. The van der Waals surface area contributed by atoms with Crippen LogP contribution in [0.2, 0.25) is 0 Å². The third-order valence-electron chi connectivity index (χ3n) is 4.75. The van der Waals surface area contributed by atoms with Crippen LogP contribution in [0.25, 0.3) is 0 Å². The Morgan fingerprint density at radius 3 is 2.25 bits per heavy atom. The third-order valence-corrected chi connectivity index (χ3v) is 5.93. The molecule has 0 fully saturated rings. The average Bonchev–Trinajstić information content (AvgIpc) is 2.60. The zero-order valence-electron chi connectivity index (χ0n) is 17.3. The number of sulfonamides is 1. The second kappa shape index (κ2) is 9.24. The average molecular weight is 403 g/mol. The van der Waals surface area contributed by atoms with Crippen molar-refractivity contribution in [2.75, 3.05) is 17.1 Å². The maximum atomic E-state index is 12.3. The molecule has 1 N–H and O–H groups in total. The van der Waals surface area contributed by atoms with Crippen LogP contribution in [0.15, 0.2) is 42.5 Å². The lowest BCUT2D eigenvalue weighted by atomic mass is 10.1. The summed E-state index contributed by atoms with van der Waals surface area (Å²) in [6.07, 6.45) is 1.92. The SMILES string of the molecule is Cc1ccc([C@H](C)NC(=O)CCCN(c2cc(C)ccc2C)S(C)(=O)=O)cc1. The van der Waals surface area contributed by atoms with Gasteiger partial charge in [-0.3, -0.25) is 9.10 Å². The summed E-state index contributed by atoms with van der Waals surface area (Å²) >= 11 is 0. The number of anilines is 1. The summed E-state index contributed by atoms with van der Waals surface area (Å²) in [5.41, 5.74) is 4.80. The van der Waals surface area contributed by atoms with E-state index in [1.165, 1.54) is 16.1 Å². The first kappa shape index (κ1) is 22.0. The van der Waals surface area contributed by atoms with E-state index >= 15 is 0 Å². The Bertz CT molecular complexity index is 921. The molecule has 2 aromatic carbocycles. The Morgan fingerprint density at radius 1 is 1.04 bits per heavy atom. The summed E-state index contributed by atoms with van der Waals surface area (Å²) < 4.78 is 26.0. The molecule has 0 aliphatic rings. The van der Waals surface area contributed by atoms with Crippen molar-refractivity contribution < 1.29 is 13.2 Å². The second-order valence-corrected chi connectivity index (χ2v) is 9.34. The number of rotatable bonds is 8. The smallest absolute Gasteiger partial charge is 0.232 e. The molecule has 0 aliphatic heterocycles. The van der Waals surface area contributed by atoms with Crippen LogP contribution in [-0.2, 0) is 14.8 Å². The van der Waals surface area contributed by atoms with Gasteiger partial charge in [0, 0.05) is 13.0 Å². The highest BCUT2D eigenvalue weighted by Crippen LogP contribution is 2.24. The zero-order valence-corrected chi connectivity index (χ0v) is 18.1. The minimum Gasteiger partial charge on any atom is -0.350 e. The molecule has 0 saturated heterocycles. The Labute approximate surface area is 168 Å². The molecule has 152 valence electrons. The molecule has 0 radical (unpaired) electrons. The lowest BCUT2D eigenvalue weighted by Gasteiger charge is -2.24. The molecule has 0 heterocycles. The van der Waals surface area contributed by atoms with E-state index in [0.29, 0.717) is 12.1 Å². The van der Waals surface area contributed by atoms with E-state index in [1.807, 2.05) is 70.2 Å². The van der Waals surface area contributed by atoms with Gasteiger partial charge in [0.05, 0.1) is 18.0 Å². The zero-order chi connectivity index (χ0) is 20.9. The molecule has 1 atom stereocenters. The number of benzene rings is 2. The maximum absolute atomic E-state index is 12.3. The van der Waals surface area contributed by atoms with E-state index in [9.17, 15) is 13.2 Å². The van der Waals surface area contributed by atoms with Crippen LogP contribution in [0.1, 0.15) is 48.1 Å². The number of aryl methyl sites for hydroxylation is 3. The van der Waals surface area contributed by atoms with Gasteiger partial charge < -0.3 is 5.32 Å². The first-order valence-corrected chi connectivity index (χ1v) is 11.3. The highest BCUT2D eigenvalue weighted by Gasteiger charge is 2.20. The van der Waals surface area contributed by atoms with Crippen molar-refractivity contribution >= 4 is 21.6 Å². The lowest BCUT2D eigenvalue weighted by Crippen LogP contribution is -2.33. The standard InChI is InChI=1S/C22H30N2O3S/c1-16-9-12-20(13-10-16)19(4)23-22(25)7-6-14-24(28(5,26)27)21-15-17(2)8-11-18(21)3/h8-13,15,19H,6-7,14H2,1-5H3,(H,23,25)/t19-/m0/s1. The van der Waals surface area contributed by atoms with E-state index < -0.39 is 10.0 Å². The number of carbonyl (C=O) groups is 1. The van der Waals surface area contributed by atoms with E-state index in [1.54, 1.807) is 0 Å². The van der Waals surface area contributed by atoms with Crippen LogP contribution in [-0.4, -0.2) is 27.1 Å². The Kier molecular flexibility index (Phi) is 7.24. The predicted octanol–water partition coefficient (Wildman–Crippen LogP) is 4.04. The van der Waals surface area contributed by atoms with Crippen molar-refractivity contribution in [2.24, 2.45) is 0 Å². The molecule has 1 amide bonds. The predicted molar refractivity (Wildman–Crippen MR) is 115 cm³/mol. The van der Waals surface area contributed by atoms with Gasteiger partial charge in [-0.1, -0.05) is 42.0 Å². The van der Waals surface area contributed by atoms with E-state index in [2.05, 4.69) is 5.32 Å². The number of hydrogen-bond acceptors (Lipinski definition) is 3. The van der Waals surface area contributed by atoms with Gasteiger partial charge in [0.1, 0.15) is 0 Å². The van der Waals surface area contributed by atoms with E-state index in [4.69, 9.17) is 0 Å². The van der Waals surface area contributed by atoms with Gasteiger partial charge in [0.2, 0.25) is 15.9 Å². The molecule has 2 rings (SSSR count). The van der Waals surface area contributed by atoms with E-state index in [0.717, 1.165) is 16.7 Å². The normalized spacial score (nSPS) is 12.5. The van der Waals surface area contributed by atoms with Crippen LogP contribution >= 0.6 is 0 Å². The molecule has 0 bridgehead atoms. The fourth-order valence-electron chi connectivity index (χ4n) is 3.09. The maximum Gasteiger partial charge on any atom is 0.232 e. The summed E-state index contributed by atoms with van der Waals surface area (Å²) in [7, 11) is -3.42. The molecule has 0 spiro atoms. The largest absolute Gasteiger partial charge is 0.350 e. The topological polar surface area (TPSA) is 66.5 Å². The van der Waals surface area contributed by atoms with Gasteiger partial charge in [-0.15, -0.1) is 0 Å². The molecule has 6 heteroatoms. The van der Waals surface area contributed by atoms with Gasteiger partial charge in [0.15, 0.2) is 0 Å². The summed E-state index contributed by atoms with van der Waals surface area (Å²) in [6.45, 7) is 8.07. The molecule has 0 saturated carbocycles. The highest BCUT2D eigenvalue weighted by atomic mass is 32.2. The van der Waals surface area contributed by atoms with Gasteiger partial charge in [-0.2, -0.15) is 0 Å². The molecule has 0 unspecified atom stereocenters. The van der Waals surface area contributed by atoms with Crippen LogP contribution in [0.3, 0.4) is 0 Å². The number of nitrogens with zero attached hydrogens (tertiary/aromatic N) is 1. The lowest BCUT2D eigenvalue weighted by molar-refractivity contribution is -0.121. The van der Waals surface area contributed by atoms with Crippen molar-refractivity contribution in [3.63, 3.8) is 0 Å². The first-order chi connectivity index (χ1) is 13.1. The minimum absolute atomic E-state index is 0.0810. The fraction of sp³-hybridized carbons (Fsp3) is 0.409. The molecule has 0 aliphatic carbocycles. The van der Waals surface area contributed by atoms with Crippen molar-refractivity contribution in [3.8, 4) is 0 Å². The van der Waals surface area contributed by atoms with Crippen LogP contribution in [0, 0.1) is 20.8 Å². The van der Waals surface area contributed by atoms with Crippen LogP contribution < -0.4 is 9.62 Å². The van der Waals surface area contributed by atoms with E-state index in [-0.39, 0.29) is 24.9 Å². The van der Waals surface area contributed by atoms with Crippen molar-refractivity contribution in [3.05, 3.63) is 64.7 Å². The summed E-state index contributed by atoms with van der Waals surface area (Å²) in [6, 6.07) is 13.7. The molecule has 2 aromatic rings. The third kappa shape index (κ3) is 6.09. The number of nitrogens with one attached hydrogen (secondary N) is 1. The molecule has 5 nitrogen and oxygen atoms in total. The number of carbonyl (C=O) groups excluding carboxylic acids is 1. The molecule has 0 aromatic heterocycles. The van der Waals surface area contributed by atoms with Gasteiger partial charge in [-0.05, 0) is 56.9 Å². The summed E-state index contributed by atoms with van der Waals surface area (Å²) in [4.78, 5) is 12.3. The van der Waals surface area contributed by atoms with Crippen molar-refractivity contribution in [1.29, 1.82) is 0 Å². The Hall–Kier alpha value is -2.34. The Balaban J connectivity index is 1.97.